The molecule has 1 aromatic heterocycles. The van der Waals surface area contributed by atoms with Crippen molar-refractivity contribution in [1.82, 2.24) is 20.4 Å². The molecule has 0 radical (unpaired) electrons. The third-order valence-electron chi connectivity index (χ3n) is 4.61. The van der Waals surface area contributed by atoms with E-state index < -0.39 is 0 Å². The number of piperidine rings is 2. The Morgan fingerprint density at radius 2 is 1.89 bits per heavy atom. The van der Waals surface area contributed by atoms with Gasteiger partial charge in [0.25, 0.3) is 5.91 Å². The number of carbonyl (C=O) groups is 1. The summed E-state index contributed by atoms with van der Waals surface area (Å²) in [5, 5.41) is 10.9. The van der Waals surface area contributed by atoms with E-state index in [-0.39, 0.29) is 5.91 Å². The lowest BCUT2D eigenvalue weighted by atomic mass is 9.71. The van der Waals surface area contributed by atoms with E-state index in [1.165, 1.54) is 12.8 Å². The number of hydrogen-bond acceptors (Lipinski definition) is 4. The molecule has 1 amide bonds. The number of hydrogen-bond donors (Lipinski definition) is 1. The molecule has 5 nitrogen and oxygen atoms in total. The van der Waals surface area contributed by atoms with Crippen LogP contribution in [0.4, 0.5) is 0 Å². The predicted molar refractivity (Wildman–Crippen MR) is 71.7 cm³/mol. The molecule has 0 saturated carbocycles. The van der Waals surface area contributed by atoms with Gasteiger partial charge in [-0.3, -0.25) is 4.79 Å². The second-order valence-corrected chi connectivity index (χ2v) is 5.67. The summed E-state index contributed by atoms with van der Waals surface area (Å²) in [4.78, 5) is 14.3. The van der Waals surface area contributed by atoms with Gasteiger partial charge in [-0.05, 0) is 50.3 Å². The van der Waals surface area contributed by atoms with Gasteiger partial charge >= 0.3 is 0 Å². The zero-order valence-electron chi connectivity index (χ0n) is 11.1. The summed E-state index contributed by atoms with van der Waals surface area (Å²) in [5.41, 5.74) is 1.13. The lowest BCUT2D eigenvalue weighted by Gasteiger charge is -2.44. The molecule has 2 saturated heterocycles. The summed E-state index contributed by atoms with van der Waals surface area (Å²) in [5.74, 6) is 0.0960. The summed E-state index contributed by atoms with van der Waals surface area (Å²) in [7, 11) is 0. The Bertz CT molecular complexity index is 432. The fourth-order valence-electron chi connectivity index (χ4n) is 3.24. The van der Waals surface area contributed by atoms with Gasteiger partial charge in [-0.1, -0.05) is 0 Å². The van der Waals surface area contributed by atoms with Crippen molar-refractivity contribution in [3.63, 3.8) is 0 Å². The van der Waals surface area contributed by atoms with Crippen LogP contribution in [0.5, 0.6) is 0 Å². The number of nitrogens with zero attached hydrogens (tertiary/aromatic N) is 3. The van der Waals surface area contributed by atoms with Crippen LogP contribution >= 0.6 is 0 Å². The largest absolute Gasteiger partial charge is 0.339 e. The Balaban J connectivity index is 1.62. The molecular weight excluding hydrogens is 240 g/mol. The van der Waals surface area contributed by atoms with Crippen molar-refractivity contribution in [2.45, 2.75) is 25.7 Å². The fourth-order valence-corrected chi connectivity index (χ4v) is 3.24. The Morgan fingerprint density at radius 3 is 2.53 bits per heavy atom. The van der Waals surface area contributed by atoms with Gasteiger partial charge in [0, 0.05) is 13.1 Å². The van der Waals surface area contributed by atoms with Gasteiger partial charge in [0.05, 0.1) is 18.0 Å². The van der Waals surface area contributed by atoms with E-state index in [9.17, 15) is 4.79 Å². The first-order chi connectivity index (χ1) is 9.29. The first-order valence-electron chi connectivity index (χ1n) is 7.06. The normalized spacial score (nSPS) is 22.4. The van der Waals surface area contributed by atoms with Gasteiger partial charge < -0.3 is 10.2 Å². The third kappa shape index (κ3) is 2.61. The van der Waals surface area contributed by atoms with Gasteiger partial charge in [-0.2, -0.15) is 10.2 Å². The molecule has 3 heterocycles. The van der Waals surface area contributed by atoms with Crippen molar-refractivity contribution in [1.29, 1.82) is 0 Å². The number of aromatic nitrogens is 2. The Kier molecular flexibility index (Phi) is 3.46. The number of carbonyl (C=O) groups excluding carboxylic acids is 1. The second kappa shape index (κ2) is 5.25. The van der Waals surface area contributed by atoms with Gasteiger partial charge in [-0.25, -0.2) is 0 Å². The molecule has 0 atom stereocenters. The van der Waals surface area contributed by atoms with Crippen molar-refractivity contribution in [3.05, 3.63) is 24.0 Å². The van der Waals surface area contributed by atoms with Crippen LogP contribution in [0.2, 0.25) is 0 Å². The molecule has 1 N–H and O–H groups in total. The van der Waals surface area contributed by atoms with Crippen molar-refractivity contribution in [2.24, 2.45) is 5.41 Å². The molecular formula is C14H20N4O. The molecule has 1 spiro atoms. The first-order valence-corrected chi connectivity index (χ1v) is 7.06. The zero-order valence-corrected chi connectivity index (χ0v) is 11.1. The van der Waals surface area contributed by atoms with Crippen molar-refractivity contribution in [3.8, 4) is 0 Å². The molecule has 2 aliphatic heterocycles. The maximum atomic E-state index is 12.3. The van der Waals surface area contributed by atoms with Crippen LogP contribution in [-0.2, 0) is 0 Å². The molecule has 1 aromatic rings. The van der Waals surface area contributed by atoms with Crippen LogP contribution in [0.15, 0.2) is 18.5 Å². The second-order valence-electron chi connectivity index (χ2n) is 5.67. The maximum Gasteiger partial charge on any atom is 0.255 e. The Labute approximate surface area is 113 Å². The average Bonchev–Trinajstić information content (AvgIpc) is 2.49. The molecule has 0 aromatic carbocycles. The van der Waals surface area contributed by atoms with Crippen molar-refractivity contribution in [2.75, 3.05) is 26.2 Å². The van der Waals surface area contributed by atoms with E-state index in [0.717, 1.165) is 39.0 Å². The molecule has 102 valence electrons. The monoisotopic (exact) mass is 260 g/mol. The van der Waals surface area contributed by atoms with Gasteiger partial charge in [0.2, 0.25) is 0 Å². The highest BCUT2D eigenvalue weighted by Crippen LogP contribution is 2.39. The summed E-state index contributed by atoms with van der Waals surface area (Å²) < 4.78 is 0. The molecule has 5 heteroatoms. The Morgan fingerprint density at radius 1 is 1.16 bits per heavy atom. The SMILES string of the molecule is O=C(c1ccnnc1)N1CCC2(CCNCC2)CC1. The number of nitrogens with one attached hydrogen (secondary N) is 1. The third-order valence-corrected chi connectivity index (χ3v) is 4.61. The molecule has 3 rings (SSSR count). The summed E-state index contributed by atoms with van der Waals surface area (Å²) in [6, 6.07) is 1.74. The highest BCUT2D eigenvalue weighted by molar-refractivity contribution is 5.93. The van der Waals surface area contributed by atoms with E-state index in [0.29, 0.717) is 11.0 Å². The van der Waals surface area contributed by atoms with Crippen LogP contribution in [0, 0.1) is 5.41 Å². The van der Waals surface area contributed by atoms with Crippen LogP contribution < -0.4 is 5.32 Å². The number of rotatable bonds is 1. The summed E-state index contributed by atoms with van der Waals surface area (Å²) >= 11 is 0. The minimum absolute atomic E-state index is 0.0960. The standard InChI is InChI=1S/C14H20N4O/c19-13(12-1-6-16-17-11-12)18-9-4-14(5-10-18)2-7-15-8-3-14/h1,6,11,15H,2-5,7-10H2. The lowest BCUT2D eigenvalue weighted by molar-refractivity contribution is 0.0495. The van der Waals surface area contributed by atoms with Gasteiger partial charge in [-0.15, -0.1) is 0 Å². The minimum atomic E-state index is 0.0960. The quantitative estimate of drug-likeness (QED) is 0.821. The number of likely N-dealkylation sites (tertiary alicyclic amines) is 1. The molecule has 2 fully saturated rings. The minimum Gasteiger partial charge on any atom is -0.339 e. The van der Waals surface area contributed by atoms with Crippen molar-refractivity contribution < 1.29 is 4.79 Å². The van der Waals surface area contributed by atoms with E-state index >= 15 is 0 Å². The van der Waals surface area contributed by atoms with E-state index in [2.05, 4.69) is 15.5 Å². The molecule has 2 aliphatic rings. The Hall–Kier alpha value is -1.49. The first kappa shape index (κ1) is 12.5. The highest BCUT2D eigenvalue weighted by atomic mass is 16.2. The zero-order chi connectivity index (χ0) is 13.1. The van der Waals surface area contributed by atoms with Crippen LogP contribution in [0.3, 0.4) is 0 Å². The fraction of sp³-hybridized carbons (Fsp3) is 0.643. The van der Waals surface area contributed by atoms with Crippen molar-refractivity contribution >= 4 is 5.91 Å². The van der Waals surface area contributed by atoms with Crippen LogP contribution in [-0.4, -0.2) is 47.2 Å². The highest BCUT2D eigenvalue weighted by Gasteiger charge is 2.36. The molecule has 0 bridgehead atoms. The number of amides is 1. The molecule has 0 aliphatic carbocycles. The smallest absolute Gasteiger partial charge is 0.255 e. The summed E-state index contributed by atoms with van der Waals surface area (Å²) in [6.07, 6.45) is 7.91. The summed E-state index contributed by atoms with van der Waals surface area (Å²) in [6.45, 7) is 4.01. The maximum absolute atomic E-state index is 12.3. The molecule has 0 unspecified atom stereocenters. The predicted octanol–water partition coefficient (Wildman–Crippen LogP) is 1.08. The molecule has 19 heavy (non-hydrogen) atoms. The van der Waals surface area contributed by atoms with Crippen LogP contribution in [0.25, 0.3) is 0 Å². The van der Waals surface area contributed by atoms with Gasteiger partial charge in [0.1, 0.15) is 0 Å². The lowest BCUT2D eigenvalue weighted by Crippen LogP contribution is -2.47. The van der Waals surface area contributed by atoms with Crippen LogP contribution in [0.1, 0.15) is 36.0 Å². The van der Waals surface area contributed by atoms with E-state index in [1.807, 2.05) is 4.90 Å². The van der Waals surface area contributed by atoms with E-state index in [1.54, 1.807) is 18.5 Å². The van der Waals surface area contributed by atoms with Gasteiger partial charge in [0.15, 0.2) is 0 Å². The van der Waals surface area contributed by atoms with E-state index in [4.69, 9.17) is 0 Å². The topological polar surface area (TPSA) is 58.1 Å². The average molecular weight is 260 g/mol.